The highest BCUT2D eigenvalue weighted by molar-refractivity contribution is 5.29. The average Bonchev–Trinajstić information content (AvgIpc) is 2.26. The maximum Gasteiger partial charge on any atom is 0.416 e. The second kappa shape index (κ2) is 5.67. The van der Waals surface area contributed by atoms with Crippen molar-refractivity contribution in [1.29, 1.82) is 0 Å². The van der Waals surface area contributed by atoms with Crippen molar-refractivity contribution in [2.75, 3.05) is 13.2 Å². The van der Waals surface area contributed by atoms with Crippen molar-refractivity contribution in [3.05, 3.63) is 41.7 Å². The van der Waals surface area contributed by atoms with Gasteiger partial charge in [-0.3, -0.25) is 0 Å². The molecule has 17 heavy (non-hydrogen) atoms. The lowest BCUT2D eigenvalue weighted by atomic mass is 10.2. The third kappa shape index (κ3) is 4.44. The van der Waals surface area contributed by atoms with Gasteiger partial charge in [-0.2, -0.15) is 13.2 Å². The standard InChI is InChI=1S/C11H11F4NO/c12-9(5-6-16)7-17-10-3-1-8(2-4-10)11(13,14)15/h1-5H,6-7,16H2. The molecule has 0 aliphatic rings. The zero-order valence-corrected chi connectivity index (χ0v) is 8.80. The van der Waals surface area contributed by atoms with E-state index in [0.717, 1.165) is 30.3 Å². The fourth-order valence-electron chi connectivity index (χ4n) is 1.08. The van der Waals surface area contributed by atoms with Gasteiger partial charge in [0, 0.05) is 6.54 Å². The van der Waals surface area contributed by atoms with Gasteiger partial charge in [0.1, 0.15) is 18.2 Å². The second-order valence-electron chi connectivity index (χ2n) is 3.20. The monoisotopic (exact) mass is 249 g/mol. The van der Waals surface area contributed by atoms with Gasteiger partial charge in [0.2, 0.25) is 0 Å². The summed E-state index contributed by atoms with van der Waals surface area (Å²) in [6.07, 6.45) is -3.26. The normalized spacial score (nSPS) is 12.6. The number of alkyl halides is 3. The van der Waals surface area contributed by atoms with E-state index in [2.05, 4.69) is 0 Å². The van der Waals surface area contributed by atoms with Crippen molar-refractivity contribution in [1.82, 2.24) is 0 Å². The van der Waals surface area contributed by atoms with Gasteiger partial charge in [-0.1, -0.05) is 0 Å². The van der Waals surface area contributed by atoms with E-state index in [1.165, 1.54) is 0 Å². The van der Waals surface area contributed by atoms with Gasteiger partial charge in [0.25, 0.3) is 0 Å². The Bertz CT molecular complexity index is 383. The summed E-state index contributed by atoms with van der Waals surface area (Å²) in [6.45, 7) is -0.301. The maximum absolute atomic E-state index is 12.8. The van der Waals surface area contributed by atoms with Crippen molar-refractivity contribution >= 4 is 0 Å². The highest BCUT2D eigenvalue weighted by Crippen LogP contribution is 2.30. The van der Waals surface area contributed by atoms with Crippen LogP contribution in [-0.2, 0) is 6.18 Å². The molecule has 2 nitrogen and oxygen atoms in total. The summed E-state index contributed by atoms with van der Waals surface area (Å²) in [5, 5.41) is 0. The molecular weight excluding hydrogens is 238 g/mol. The number of rotatable bonds is 4. The van der Waals surface area contributed by atoms with Crippen LogP contribution in [0.3, 0.4) is 0 Å². The third-order valence-electron chi connectivity index (χ3n) is 1.90. The fraction of sp³-hybridized carbons (Fsp3) is 0.273. The average molecular weight is 249 g/mol. The summed E-state index contributed by atoms with van der Waals surface area (Å²) in [7, 11) is 0. The highest BCUT2D eigenvalue weighted by atomic mass is 19.4. The Kier molecular flexibility index (Phi) is 4.51. The predicted molar refractivity (Wildman–Crippen MR) is 55.2 cm³/mol. The Labute approximate surface area is 95.7 Å². The molecule has 0 unspecified atom stereocenters. The zero-order chi connectivity index (χ0) is 12.9. The molecule has 94 valence electrons. The molecule has 0 saturated heterocycles. The van der Waals surface area contributed by atoms with Crippen LogP contribution in [0.15, 0.2) is 36.2 Å². The highest BCUT2D eigenvalue weighted by Gasteiger charge is 2.29. The maximum atomic E-state index is 12.8. The van der Waals surface area contributed by atoms with Crippen molar-refractivity contribution < 1.29 is 22.3 Å². The van der Waals surface area contributed by atoms with Crippen LogP contribution in [-0.4, -0.2) is 13.2 Å². The molecule has 1 rings (SSSR count). The molecule has 1 aromatic carbocycles. The van der Waals surface area contributed by atoms with Crippen LogP contribution in [0.1, 0.15) is 5.56 Å². The summed E-state index contributed by atoms with van der Waals surface area (Å²) in [4.78, 5) is 0. The fourth-order valence-corrected chi connectivity index (χ4v) is 1.08. The van der Waals surface area contributed by atoms with Gasteiger partial charge < -0.3 is 10.5 Å². The Morgan fingerprint density at radius 3 is 2.29 bits per heavy atom. The third-order valence-corrected chi connectivity index (χ3v) is 1.90. The SMILES string of the molecule is NCC=C(F)COc1ccc(C(F)(F)F)cc1. The van der Waals surface area contributed by atoms with E-state index < -0.39 is 17.6 Å². The lowest BCUT2D eigenvalue weighted by Gasteiger charge is -2.08. The summed E-state index contributed by atoms with van der Waals surface area (Å²) < 4.78 is 54.4. The van der Waals surface area contributed by atoms with E-state index in [-0.39, 0.29) is 18.9 Å². The topological polar surface area (TPSA) is 35.2 Å². The Morgan fingerprint density at radius 1 is 1.24 bits per heavy atom. The Hall–Kier alpha value is -1.56. The first-order chi connectivity index (χ1) is 7.93. The first kappa shape index (κ1) is 13.5. The molecule has 0 amide bonds. The molecule has 0 saturated carbocycles. The van der Waals surface area contributed by atoms with Gasteiger partial charge in [0.15, 0.2) is 0 Å². The quantitative estimate of drug-likeness (QED) is 0.833. The van der Waals surface area contributed by atoms with E-state index in [9.17, 15) is 17.6 Å². The number of nitrogens with two attached hydrogens (primary N) is 1. The van der Waals surface area contributed by atoms with Crippen molar-refractivity contribution in [3.63, 3.8) is 0 Å². The van der Waals surface area contributed by atoms with Crippen LogP contribution >= 0.6 is 0 Å². The van der Waals surface area contributed by atoms with Gasteiger partial charge in [-0.05, 0) is 30.3 Å². The number of benzene rings is 1. The van der Waals surface area contributed by atoms with Crippen LogP contribution in [0.5, 0.6) is 5.75 Å². The minimum absolute atomic E-state index is 0.0439. The number of ether oxygens (including phenoxy) is 1. The molecule has 0 radical (unpaired) electrons. The van der Waals surface area contributed by atoms with E-state index in [1.54, 1.807) is 0 Å². The van der Waals surface area contributed by atoms with Gasteiger partial charge in [-0.15, -0.1) is 0 Å². The summed E-state index contributed by atoms with van der Waals surface area (Å²) in [5.41, 5.74) is 4.29. The molecule has 0 aliphatic heterocycles. The van der Waals surface area contributed by atoms with Crippen LogP contribution in [0.25, 0.3) is 0 Å². The number of halogens is 4. The lowest BCUT2D eigenvalue weighted by Crippen LogP contribution is -2.05. The zero-order valence-electron chi connectivity index (χ0n) is 8.80. The van der Waals surface area contributed by atoms with Gasteiger partial charge in [0.05, 0.1) is 5.56 Å². The molecule has 0 heterocycles. The molecule has 2 N–H and O–H groups in total. The second-order valence-corrected chi connectivity index (χ2v) is 3.20. The van der Waals surface area contributed by atoms with E-state index in [1.807, 2.05) is 0 Å². The number of hydrogen-bond donors (Lipinski definition) is 1. The van der Waals surface area contributed by atoms with Crippen LogP contribution in [0.4, 0.5) is 17.6 Å². The van der Waals surface area contributed by atoms with Crippen molar-refractivity contribution in [3.8, 4) is 5.75 Å². The predicted octanol–water partition coefficient (Wildman–Crippen LogP) is 2.90. The molecule has 0 aliphatic carbocycles. The summed E-state index contributed by atoms with van der Waals surface area (Å²) in [5.74, 6) is -0.397. The first-order valence-electron chi connectivity index (χ1n) is 4.78. The lowest BCUT2D eigenvalue weighted by molar-refractivity contribution is -0.137. The van der Waals surface area contributed by atoms with Gasteiger partial charge >= 0.3 is 6.18 Å². The Balaban J connectivity index is 2.60. The van der Waals surface area contributed by atoms with E-state index >= 15 is 0 Å². The number of hydrogen-bond acceptors (Lipinski definition) is 2. The van der Waals surface area contributed by atoms with Crippen LogP contribution < -0.4 is 10.5 Å². The van der Waals surface area contributed by atoms with E-state index in [0.29, 0.717) is 0 Å². The molecule has 0 aromatic heterocycles. The molecule has 0 atom stereocenters. The molecular formula is C11H11F4NO. The molecule has 0 spiro atoms. The minimum Gasteiger partial charge on any atom is -0.487 e. The summed E-state index contributed by atoms with van der Waals surface area (Å²) in [6, 6.07) is 4.02. The van der Waals surface area contributed by atoms with Crippen molar-refractivity contribution in [2.45, 2.75) is 6.18 Å². The summed E-state index contributed by atoms with van der Waals surface area (Å²) >= 11 is 0. The van der Waals surface area contributed by atoms with Crippen LogP contribution in [0.2, 0.25) is 0 Å². The first-order valence-corrected chi connectivity index (χ1v) is 4.78. The Morgan fingerprint density at radius 2 is 1.82 bits per heavy atom. The van der Waals surface area contributed by atoms with Gasteiger partial charge in [-0.25, -0.2) is 4.39 Å². The smallest absolute Gasteiger partial charge is 0.416 e. The molecule has 1 aromatic rings. The molecule has 0 bridgehead atoms. The largest absolute Gasteiger partial charge is 0.487 e. The van der Waals surface area contributed by atoms with Crippen molar-refractivity contribution in [2.24, 2.45) is 5.73 Å². The minimum atomic E-state index is -4.39. The molecule has 6 heteroatoms. The van der Waals surface area contributed by atoms with E-state index in [4.69, 9.17) is 10.5 Å². The molecule has 0 fully saturated rings. The van der Waals surface area contributed by atoms with Crippen LogP contribution in [0, 0.1) is 0 Å².